The molecular formula is C16H24N6O2. The van der Waals surface area contributed by atoms with E-state index in [1.54, 1.807) is 11.8 Å². The molecule has 3 heterocycles. The van der Waals surface area contributed by atoms with Crippen LogP contribution in [0.25, 0.3) is 0 Å². The third kappa shape index (κ3) is 4.14. The first-order chi connectivity index (χ1) is 11.8. The number of ether oxygens (including phenoxy) is 2. The molecule has 0 radical (unpaired) electrons. The van der Waals surface area contributed by atoms with Crippen LogP contribution in [0.1, 0.15) is 30.1 Å². The average molecular weight is 332 g/mol. The Hall–Kier alpha value is -1.90. The van der Waals surface area contributed by atoms with Crippen molar-refractivity contribution >= 4 is 0 Å². The Morgan fingerprint density at radius 3 is 3.04 bits per heavy atom. The van der Waals surface area contributed by atoms with Crippen LogP contribution in [-0.2, 0) is 29.0 Å². The minimum Gasteiger partial charge on any atom is -0.383 e. The minimum atomic E-state index is -0.125. The first kappa shape index (κ1) is 16.9. The number of aromatic nitrogens is 5. The lowest BCUT2D eigenvalue weighted by Crippen LogP contribution is -2.39. The highest BCUT2D eigenvalue weighted by molar-refractivity contribution is 5.14. The molecule has 1 aliphatic rings. The van der Waals surface area contributed by atoms with Crippen molar-refractivity contribution in [1.82, 2.24) is 30.1 Å². The number of methoxy groups -OCH3 is 1. The molecule has 0 amide bonds. The number of hydrogen-bond acceptors (Lipinski definition) is 7. The largest absolute Gasteiger partial charge is 0.383 e. The molecule has 0 N–H and O–H groups in total. The third-order valence-corrected chi connectivity index (χ3v) is 4.19. The van der Waals surface area contributed by atoms with Crippen molar-refractivity contribution in [1.29, 1.82) is 0 Å². The van der Waals surface area contributed by atoms with Crippen molar-refractivity contribution in [2.24, 2.45) is 0 Å². The summed E-state index contributed by atoms with van der Waals surface area (Å²) in [5.41, 5.74) is 2.34. The Kier molecular flexibility index (Phi) is 5.84. The van der Waals surface area contributed by atoms with Crippen molar-refractivity contribution in [2.45, 2.75) is 32.5 Å². The first-order valence-corrected chi connectivity index (χ1v) is 8.33. The zero-order valence-corrected chi connectivity index (χ0v) is 14.3. The van der Waals surface area contributed by atoms with Crippen molar-refractivity contribution in [2.75, 3.05) is 33.4 Å². The van der Waals surface area contributed by atoms with E-state index in [4.69, 9.17) is 9.47 Å². The van der Waals surface area contributed by atoms with E-state index in [1.165, 1.54) is 5.56 Å². The molecular weight excluding hydrogens is 308 g/mol. The van der Waals surface area contributed by atoms with Gasteiger partial charge in [-0.05, 0) is 28.5 Å². The summed E-state index contributed by atoms with van der Waals surface area (Å²) >= 11 is 0. The number of tetrazole rings is 1. The van der Waals surface area contributed by atoms with E-state index >= 15 is 0 Å². The van der Waals surface area contributed by atoms with E-state index in [0.29, 0.717) is 19.8 Å². The topological polar surface area (TPSA) is 78.2 Å². The molecule has 2 aromatic rings. The lowest BCUT2D eigenvalue weighted by Gasteiger charge is -2.31. The molecule has 1 fully saturated rings. The number of rotatable bonds is 7. The predicted molar refractivity (Wildman–Crippen MR) is 87.3 cm³/mol. The predicted octanol–water partition coefficient (Wildman–Crippen LogP) is 0.850. The molecule has 0 unspecified atom stereocenters. The molecule has 8 heteroatoms. The maximum Gasteiger partial charge on any atom is 0.181 e. The second kappa shape index (κ2) is 8.27. The Morgan fingerprint density at radius 2 is 2.29 bits per heavy atom. The molecule has 0 aromatic carbocycles. The van der Waals surface area contributed by atoms with Gasteiger partial charge in [-0.2, -0.15) is 0 Å². The summed E-state index contributed by atoms with van der Waals surface area (Å²) < 4.78 is 12.7. The van der Waals surface area contributed by atoms with Gasteiger partial charge < -0.3 is 9.47 Å². The summed E-state index contributed by atoms with van der Waals surface area (Å²) in [6.45, 7) is 6.44. The molecule has 2 aromatic heterocycles. The van der Waals surface area contributed by atoms with Crippen molar-refractivity contribution in [3.63, 3.8) is 0 Å². The highest BCUT2D eigenvalue weighted by atomic mass is 16.5. The molecule has 8 nitrogen and oxygen atoms in total. The monoisotopic (exact) mass is 332 g/mol. The number of nitrogens with zero attached hydrogens (tertiary/aromatic N) is 6. The smallest absolute Gasteiger partial charge is 0.181 e. The molecule has 24 heavy (non-hydrogen) atoms. The fourth-order valence-electron chi connectivity index (χ4n) is 2.77. The molecule has 0 bridgehead atoms. The summed E-state index contributed by atoms with van der Waals surface area (Å²) in [6, 6.07) is 4.25. The Morgan fingerprint density at radius 1 is 1.38 bits per heavy atom. The van der Waals surface area contributed by atoms with Gasteiger partial charge in [-0.25, -0.2) is 4.68 Å². The summed E-state index contributed by atoms with van der Waals surface area (Å²) in [7, 11) is 1.67. The summed E-state index contributed by atoms with van der Waals surface area (Å²) in [6.07, 6.45) is 2.84. The zero-order chi connectivity index (χ0) is 16.8. The Balaban J connectivity index is 1.62. The van der Waals surface area contributed by atoms with Gasteiger partial charge in [-0.15, -0.1) is 5.10 Å². The second-order valence-corrected chi connectivity index (χ2v) is 5.86. The van der Waals surface area contributed by atoms with Crippen LogP contribution in [-0.4, -0.2) is 63.5 Å². The van der Waals surface area contributed by atoms with E-state index in [9.17, 15) is 0 Å². The number of morpholine rings is 1. The summed E-state index contributed by atoms with van der Waals surface area (Å²) in [5, 5.41) is 11.9. The summed E-state index contributed by atoms with van der Waals surface area (Å²) in [4.78, 5) is 6.88. The van der Waals surface area contributed by atoms with Gasteiger partial charge in [-0.1, -0.05) is 13.0 Å². The molecule has 0 saturated carbocycles. The van der Waals surface area contributed by atoms with E-state index in [-0.39, 0.29) is 6.10 Å². The van der Waals surface area contributed by atoms with Gasteiger partial charge in [0, 0.05) is 32.9 Å². The van der Waals surface area contributed by atoms with Gasteiger partial charge in [0.05, 0.1) is 25.5 Å². The molecule has 1 aliphatic heterocycles. The molecule has 3 rings (SSSR count). The highest BCUT2D eigenvalue weighted by Gasteiger charge is 2.27. The SMILES string of the molecule is CCc1ccc(CN2CCO[C@H](c3nnnn3CCOC)C2)nc1. The van der Waals surface area contributed by atoms with Crippen LogP contribution >= 0.6 is 0 Å². The van der Waals surface area contributed by atoms with Crippen LogP contribution in [0.2, 0.25) is 0 Å². The van der Waals surface area contributed by atoms with Gasteiger partial charge in [0.25, 0.3) is 0 Å². The van der Waals surface area contributed by atoms with Gasteiger partial charge in [0.15, 0.2) is 5.82 Å². The lowest BCUT2D eigenvalue weighted by molar-refractivity contribution is -0.0400. The van der Waals surface area contributed by atoms with Gasteiger partial charge in [0.2, 0.25) is 0 Å². The Labute approximate surface area is 141 Å². The molecule has 130 valence electrons. The van der Waals surface area contributed by atoms with Gasteiger partial charge in [0.1, 0.15) is 6.10 Å². The normalized spacial score (nSPS) is 18.8. The summed E-state index contributed by atoms with van der Waals surface area (Å²) in [5.74, 6) is 0.756. The zero-order valence-electron chi connectivity index (χ0n) is 14.3. The number of pyridine rings is 1. The van der Waals surface area contributed by atoms with Crippen molar-refractivity contribution < 1.29 is 9.47 Å². The Bertz CT molecular complexity index is 630. The highest BCUT2D eigenvalue weighted by Crippen LogP contribution is 2.21. The van der Waals surface area contributed by atoms with Crippen LogP contribution in [0.3, 0.4) is 0 Å². The number of hydrogen-bond donors (Lipinski definition) is 0. The number of aryl methyl sites for hydroxylation is 1. The van der Waals surface area contributed by atoms with Crippen LogP contribution < -0.4 is 0 Å². The second-order valence-electron chi connectivity index (χ2n) is 5.86. The first-order valence-electron chi connectivity index (χ1n) is 8.33. The fourth-order valence-corrected chi connectivity index (χ4v) is 2.77. The van der Waals surface area contributed by atoms with Crippen LogP contribution in [0.5, 0.6) is 0 Å². The fraction of sp³-hybridized carbons (Fsp3) is 0.625. The minimum absolute atomic E-state index is 0.125. The van der Waals surface area contributed by atoms with Crippen molar-refractivity contribution in [3.8, 4) is 0 Å². The van der Waals surface area contributed by atoms with E-state index in [1.807, 2.05) is 6.20 Å². The molecule has 1 saturated heterocycles. The quantitative estimate of drug-likeness (QED) is 0.744. The van der Waals surface area contributed by atoms with Crippen LogP contribution in [0.4, 0.5) is 0 Å². The average Bonchev–Trinajstić information content (AvgIpc) is 3.09. The maximum atomic E-state index is 5.88. The third-order valence-electron chi connectivity index (χ3n) is 4.19. The molecule has 1 atom stereocenters. The standard InChI is InChI=1S/C16H24N6O2/c1-3-13-4-5-14(17-10-13)11-21-6-9-24-15(12-21)16-18-19-20-22(16)7-8-23-2/h4-5,10,15H,3,6-9,11-12H2,1-2H3/t15-/m0/s1. The molecule has 0 aliphatic carbocycles. The van der Waals surface area contributed by atoms with E-state index in [0.717, 1.165) is 37.6 Å². The lowest BCUT2D eigenvalue weighted by atomic mass is 10.2. The maximum absolute atomic E-state index is 5.88. The van der Waals surface area contributed by atoms with E-state index in [2.05, 4.69) is 44.5 Å². The van der Waals surface area contributed by atoms with Crippen molar-refractivity contribution in [3.05, 3.63) is 35.4 Å². The molecule has 0 spiro atoms. The van der Waals surface area contributed by atoms with Crippen LogP contribution in [0.15, 0.2) is 18.3 Å². The van der Waals surface area contributed by atoms with Crippen LogP contribution in [0, 0.1) is 0 Å². The van der Waals surface area contributed by atoms with Gasteiger partial charge in [-0.3, -0.25) is 9.88 Å². The van der Waals surface area contributed by atoms with Gasteiger partial charge >= 0.3 is 0 Å². The van der Waals surface area contributed by atoms with E-state index < -0.39 is 0 Å².